The van der Waals surface area contributed by atoms with Crippen molar-refractivity contribution >= 4 is 20.5 Å². The van der Waals surface area contributed by atoms with Crippen LogP contribution in [0.1, 0.15) is 39.5 Å². The second-order valence-corrected chi connectivity index (χ2v) is 5.87. The van der Waals surface area contributed by atoms with Gasteiger partial charge in [0.15, 0.2) is 0 Å². The Morgan fingerprint density at radius 1 is 1.00 bits per heavy atom. The van der Waals surface area contributed by atoms with E-state index in [0.717, 1.165) is 23.7 Å². The Morgan fingerprint density at radius 2 is 1.43 bits per heavy atom. The third-order valence-electron chi connectivity index (χ3n) is 4.01. The van der Waals surface area contributed by atoms with Crippen LogP contribution in [0.5, 0.6) is 0 Å². The van der Waals surface area contributed by atoms with Crippen LogP contribution in [0.4, 0.5) is 0 Å². The Hall–Kier alpha value is 0.434. The maximum Gasteiger partial charge on any atom is 0.0225 e. The van der Waals surface area contributed by atoms with Gasteiger partial charge in [0.1, 0.15) is 0 Å². The van der Waals surface area contributed by atoms with Gasteiger partial charge in [0.25, 0.3) is 0 Å². The summed E-state index contributed by atoms with van der Waals surface area (Å²) in [6, 6.07) is 2.33. The van der Waals surface area contributed by atoms with Crippen LogP contribution < -0.4 is 0 Å². The quantitative estimate of drug-likeness (QED) is 0.641. The highest BCUT2D eigenvalue weighted by atomic mass is 28.1. The number of hydrogen-bond acceptors (Lipinski definition) is 0. The smallest absolute Gasteiger partial charge is 0.0225 e. The van der Waals surface area contributed by atoms with Gasteiger partial charge in [0.2, 0.25) is 0 Å². The van der Waals surface area contributed by atoms with Gasteiger partial charge in [-0.05, 0) is 30.1 Å². The highest BCUT2D eigenvalue weighted by molar-refractivity contribution is 6.08. The third kappa shape index (κ3) is 3.23. The molecular weight excluding hydrogens is 200 g/mol. The van der Waals surface area contributed by atoms with Crippen molar-refractivity contribution in [1.82, 2.24) is 0 Å². The van der Waals surface area contributed by atoms with Crippen molar-refractivity contribution in [3.05, 3.63) is 0 Å². The van der Waals surface area contributed by atoms with Crippen LogP contribution in [-0.2, 0) is 0 Å². The molecule has 0 heterocycles. The topological polar surface area (TPSA) is 0 Å². The summed E-state index contributed by atoms with van der Waals surface area (Å²) in [4.78, 5) is 0. The molecule has 6 radical (unpaired) electrons. The zero-order valence-electron chi connectivity index (χ0n) is 9.55. The lowest BCUT2D eigenvalue weighted by molar-refractivity contribution is 0.178. The minimum absolute atomic E-state index is 0.858. The Bertz CT molecular complexity index is 142. The van der Waals surface area contributed by atoms with E-state index in [1.54, 1.807) is 0 Å². The van der Waals surface area contributed by atoms with E-state index in [1.165, 1.54) is 37.8 Å². The maximum absolute atomic E-state index is 3.66. The summed E-state index contributed by atoms with van der Waals surface area (Å²) < 4.78 is 0. The van der Waals surface area contributed by atoms with Crippen molar-refractivity contribution in [3.63, 3.8) is 0 Å². The van der Waals surface area contributed by atoms with E-state index in [-0.39, 0.29) is 0 Å². The van der Waals surface area contributed by atoms with Gasteiger partial charge >= 0.3 is 0 Å². The first-order chi connectivity index (χ1) is 6.69. The second-order valence-electron chi connectivity index (χ2n) is 5.05. The van der Waals surface area contributed by atoms with Crippen molar-refractivity contribution in [2.24, 2.45) is 23.7 Å². The summed E-state index contributed by atoms with van der Waals surface area (Å²) in [6.45, 7) is 4.77. The van der Waals surface area contributed by atoms with Crippen molar-refractivity contribution in [2.45, 2.75) is 51.6 Å². The average molecular weight is 222 g/mol. The number of rotatable bonds is 4. The summed E-state index contributed by atoms with van der Waals surface area (Å²) in [6.07, 6.45) is 5.81. The molecule has 1 fully saturated rings. The molecule has 1 rings (SSSR count). The summed E-state index contributed by atoms with van der Waals surface area (Å²) in [5.74, 6) is 3.64. The predicted molar refractivity (Wildman–Crippen MR) is 64.9 cm³/mol. The molecule has 0 aliphatic heterocycles. The van der Waals surface area contributed by atoms with Gasteiger partial charge in [-0.2, -0.15) is 0 Å². The molecule has 0 aromatic rings. The van der Waals surface area contributed by atoms with Gasteiger partial charge in [-0.25, -0.2) is 0 Å². The molecule has 2 heteroatoms. The molecule has 14 heavy (non-hydrogen) atoms. The van der Waals surface area contributed by atoms with E-state index in [2.05, 4.69) is 34.3 Å². The third-order valence-corrected chi connectivity index (χ3v) is 5.30. The van der Waals surface area contributed by atoms with Crippen LogP contribution in [0.15, 0.2) is 0 Å². The Morgan fingerprint density at radius 3 is 1.79 bits per heavy atom. The molecule has 0 saturated heterocycles. The highest BCUT2D eigenvalue weighted by Crippen LogP contribution is 2.38. The van der Waals surface area contributed by atoms with E-state index < -0.39 is 0 Å². The monoisotopic (exact) mass is 222 g/mol. The fourth-order valence-corrected chi connectivity index (χ4v) is 3.30. The lowest BCUT2D eigenvalue weighted by Crippen LogP contribution is -2.24. The van der Waals surface area contributed by atoms with Gasteiger partial charge in [-0.1, -0.05) is 45.2 Å². The molecule has 0 bridgehead atoms. The fraction of sp³-hybridized carbons (Fsp3) is 1.00. The van der Waals surface area contributed by atoms with Crippen LogP contribution in [0.3, 0.4) is 0 Å². The SMILES string of the molecule is CC(C[Si])C1CCCC(C(C)C[Si])C1. The molecule has 0 amide bonds. The Kier molecular flexibility index (Phi) is 5.46. The van der Waals surface area contributed by atoms with E-state index >= 15 is 0 Å². The first-order valence-corrected chi connectivity index (χ1v) is 7.39. The summed E-state index contributed by atoms with van der Waals surface area (Å²) in [7, 11) is 7.32. The normalized spacial score (nSPS) is 32.6. The van der Waals surface area contributed by atoms with Crippen molar-refractivity contribution < 1.29 is 0 Å². The molecule has 0 nitrogen and oxygen atoms in total. The van der Waals surface area contributed by atoms with E-state index in [0.29, 0.717) is 0 Å². The van der Waals surface area contributed by atoms with Gasteiger partial charge < -0.3 is 0 Å². The summed E-state index contributed by atoms with van der Waals surface area (Å²) >= 11 is 0. The van der Waals surface area contributed by atoms with E-state index in [1.807, 2.05) is 0 Å². The van der Waals surface area contributed by atoms with Crippen LogP contribution in [0, 0.1) is 23.7 Å². The highest BCUT2D eigenvalue weighted by Gasteiger charge is 2.27. The van der Waals surface area contributed by atoms with Crippen LogP contribution in [-0.4, -0.2) is 20.5 Å². The number of hydrogen-bond donors (Lipinski definition) is 0. The summed E-state index contributed by atoms with van der Waals surface area (Å²) in [5, 5.41) is 0. The minimum Gasteiger partial charge on any atom is -0.0625 e. The van der Waals surface area contributed by atoms with Gasteiger partial charge in [0.05, 0.1) is 0 Å². The van der Waals surface area contributed by atoms with Crippen molar-refractivity contribution in [1.29, 1.82) is 0 Å². The lowest BCUT2D eigenvalue weighted by atomic mass is 9.72. The predicted octanol–water partition coefficient (Wildman–Crippen LogP) is 3.24. The second kappa shape index (κ2) is 6.11. The molecule has 4 unspecified atom stereocenters. The molecule has 0 aromatic carbocycles. The molecule has 0 aromatic heterocycles. The molecule has 1 aliphatic carbocycles. The maximum atomic E-state index is 3.66. The standard InChI is InChI=1S/C12H22Si2/c1-9(7-13)11-4-3-5-12(6-11)10(2)8-14/h9-12H,3-8H2,1-2H3. The molecular formula is C12H22Si2. The minimum atomic E-state index is 0.858. The summed E-state index contributed by atoms with van der Waals surface area (Å²) in [5.41, 5.74) is 0. The van der Waals surface area contributed by atoms with E-state index in [4.69, 9.17) is 0 Å². The Balaban J connectivity index is 2.43. The Labute approximate surface area is 96.1 Å². The van der Waals surface area contributed by atoms with Crippen LogP contribution in [0.2, 0.25) is 12.1 Å². The van der Waals surface area contributed by atoms with Crippen LogP contribution in [0.25, 0.3) is 0 Å². The zero-order valence-corrected chi connectivity index (χ0v) is 11.6. The van der Waals surface area contributed by atoms with Gasteiger partial charge in [0, 0.05) is 20.5 Å². The lowest BCUT2D eigenvalue weighted by Gasteiger charge is -2.35. The van der Waals surface area contributed by atoms with Crippen molar-refractivity contribution in [3.8, 4) is 0 Å². The van der Waals surface area contributed by atoms with Gasteiger partial charge in [-0.3, -0.25) is 0 Å². The molecule has 4 atom stereocenters. The van der Waals surface area contributed by atoms with Crippen molar-refractivity contribution in [2.75, 3.05) is 0 Å². The fourth-order valence-electron chi connectivity index (χ4n) is 2.63. The molecule has 1 saturated carbocycles. The first-order valence-electron chi connectivity index (χ1n) is 5.98. The largest absolute Gasteiger partial charge is 0.0625 e. The zero-order chi connectivity index (χ0) is 10.6. The first kappa shape index (κ1) is 12.5. The molecule has 1 aliphatic rings. The van der Waals surface area contributed by atoms with Crippen LogP contribution >= 0.6 is 0 Å². The van der Waals surface area contributed by atoms with Gasteiger partial charge in [-0.15, -0.1) is 0 Å². The molecule has 0 N–H and O–H groups in total. The van der Waals surface area contributed by atoms with E-state index in [9.17, 15) is 0 Å². The average Bonchev–Trinajstić information content (AvgIpc) is 2.27. The molecule has 78 valence electrons. The molecule has 0 spiro atoms.